The Bertz CT molecular complexity index is 1390. The van der Waals surface area contributed by atoms with Crippen molar-refractivity contribution in [1.82, 2.24) is 29.5 Å². The van der Waals surface area contributed by atoms with Crippen LogP contribution in [0, 0.1) is 11.3 Å². The average molecular weight is 549 g/mol. The number of hydrogen-bond acceptors (Lipinski definition) is 9. The number of ether oxygens (including phenoxy) is 1. The molecule has 1 amide bonds. The maximum absolute atomic E-state index is 13.3. The van der Waals surface area contributed by atoms with Crippen molar-refractivity contribution in [2.45, 2.75) is 51.7 Å². The lowest BCUT2D eigenvalue weighted by molar-refractivity contribution is 0.0178. The third kappa shape index (κ3) is 5.57. The minimum absolute atomic E-state index is 0.0170. The fourth-order valence-electron chi connectivity index (χ4n) is 6.40. The molecule has 3 aliphatic rings. The largest absolute Gasteiger partial charge is 0.496 e. The molecular formula is C29H40N8O3. The number of carbonyl (C=O) groups excluding carboxylic acids is 1. The van der Waals surface area contributed by atoms with Crippen molar-refractivity contribution in [1.29, 1.82) is 0 Å². The van der Waals surface area contributed by atoms with Gasteiger partial charge >= 0.3 is 0 Å². The summed E-state index contributed by atoms with van der Waals surface area (Å²) in [6.07, 6.45) is 7.06. The van der Waals surface area contributed by atoms with Crippen LogP contribution in [0.2, 0.25) is 0 Å². The molecule has 2 saturated carbocycles. The molecule has 0 atom stereocenters. The molecule has 0 unspecified atom stereocenters. The molecule has 0 bridgehead atoms. The normalized spacial score (nSPS) is 19.1. The SMILES string of the molecule is COc1cc(C(=O)N2CCN(CC(C)(C)O)CC2)ccc1Cn1ncc2nc(N)nc(NCC3CC4(CC4)C3)c21. The minimum Gasteiger partial charge on any atom is -0.496 e. The van der Waals surface area contributed by atoms with E-state index >= 15 is 0 Å². The first kappa shape index (κ1) is 26.8. The van der Waals surface area contributed by atoms with Crippen molar-refractivity contribution >= 4 is 28.7 Å². The number of hydrogen-bond donors (Lipinski definition) is 3. The van der Waals surface area contributed by atoms with Gasteiger partial charge in [0.15, 0.2) is 5.82 Å². The highest BCUT2D eigenvalue weighted by Gasteiger charge is 2.52. The lowest BCUT2D eigenvalue weighted by atomic mass is 9.72. The molecule has 2 aromatic heterocycles. The number of aliphatic hydroxyl groups is 1. The van der Waals surface area contributed by atoms with Crippen LogP contribution in [-0.4, -0.2) is 92.5 Å². The van der Waals surface area contributed by atoms with Crippen molar-refractivity contribution in [3.8, 4) is 5.75 Å². The van der Waals surface area contributed by atoms with Crippen LogP contribution in [0.25, 0.3) is 11.0 Å². The Balaban J connectivity index is 1.16. The molecule has 3 heterocycles. The number of nitrogen functional groups attached to an aromatic ring is 1. The van der Waals surface area contributed by atoms with Gasteiger partial charge in [0, 0.05) is 50.4 Å². The van der Waals surface area contributed by atoms with Crippen molar-refractivity contribution in [3.63, 3.8) is 0 Å². The fourth-order valence-corrected chi connectivity index (χ4v) is 6.40. The minimum atomic E-state index is -0.749. The van der Waals surface area contributed by atoms with E-state index in [1.54, 1.807) is 13.3 Å². The van der Waals surface area contributed by atoms with E-state index in [1.165, 1.54) is 25.7 Å². The summed E-state index contributed by atoms with van der Waals surface area (Å²) in [4.78, 5) is 26.2. The quantitative estimate of drug-likeness (QED) is 0.369. The van der Waals surface area contributed by atoms with E-state index in [2.05, 4.69) is 25.3 Å². The van der Waals surface area contributed by atoms with Gasteiger partial charge in [0.25, 0.3) is 5.91 Å². The number of amides is 1. The Hall–Kier alpha value is -3.44. The second kappa shape index (κ2) is 10.2. The zero-order valence-corrected chi connectivity index (χ0v) is 23.7. The highest BCUT2D eigenvalue weighted by atomic mass is 16.5. The van der Waals surface area contributed by atoms with Crippen LogP contribution in [-0.2, 0) is 6.54 Å². The molecule has 0 radical (unpaired) electrons. The molecule has 6 rings (SSSR count). The van der Waals surface area contributed by atoms with Gasteiger partial charge in [0.1, 0.15) is 16.8 Å². The second-order valence-corrected chi connectivity index (χ2v) is 12.5. The van der Waals surface area contributed by atoms with Crippen LogP contribution in [0.4, 0.5) is 11.8 Å². The van der Waals surface area contributed by atoms with Crippen LogP contribution >= 0.6 is 0 Å². The average Bonchev–Trinajstić information content (AvgIpc) is 3.60. The molecule has 2 aliphatic carbocycles. The number of fused-ring (bicyclic) bond motifs is 1. The highest BCUT2D eigenvalue weighted by Crippen LogP contribution is 2.63. The molecule has 214 valence electrons. The molecule has 40 heavy (non-hydrogen) atoms. The molecule has 3 fully saturated rings. The number of nitrogens with two attached hydrogens (primary N) is 1. The van der Waals surface area contributed by atoms with Crippen molar-refractivity contribution in [2.24, 2.45) is 11.3 Å². The second-order valence-electron chi connectivity index (χ2n) is 12.5. The van der Waals surface area contributed by atoms with Gasteiger partial charge in [-0.2, -0.15) is 10.1 Å². The number of rotatable bonds is 9. The summed E-state index contributed by atoms with van der Waals surface area (Å²) < 4.78 is 7.58. The molecule has 4 N–H and O–H groups in total. The number of nitrogens with one attached hydrogen (secondary N) is 1. The monoisotopic (exact) mass is 548 g/mol. The Morgan fingerprint density at radius 3 is 2.62 bits per heavy atom. The van der Waals surface area contributed by atoms with Crippen LogP contribution in [0.3, 0.4) is 0 Å². The molecule has 3 aromatic rings. The van der Waals surface area contributed by atoms with Gasteiger partial charge in [-0.1, -0.05) is 6.07 Å². The number of methoxy groups -OCH3 is 1. The first-order valence-corrected chi connectivity index (χ1v) is 14.3. The van der Waals surface area contributed by atoms with Crippen LogP contribution < -0.4 is 15.8 Å². The van der Waals surface area contributed by atoms with Gasteiger partial charge in [-0.05, 0) is 63.0 Å². The summed E-state index contributed by atoms with van der Waals surface area (Å²) in [5.41, 5.74) is 8.91. The van der Waals surface area contributed by atoms with E-state index in [-0.39, 0.29) is 11.9 Å². The topological polar surface area (TPSA) is 135 Å². The molecule has 1 spiro atoms. The smallest absolute Gasteiger partial charge is 0.254 e. The molecule has 11 heteroatoms. The van der Waals surface area contributed by atoms with Crippen molar-refractivity contribution in [2.75, 3.05) is 57.4 Å². The zero-order valence-electron chi connectivity index (χ0n) is 23.7. The van der Waals surface area contributed by atoms with E-state index in [0.29, 0.717) is 60.2 Å². The summed E-state index contributed by atoms with van der Waals surface area (Å²) in [5.74, 6) is 2.20. The number of β-amino-alcohol motifs (C(OH)–C–C–N with tert-alkyl or cyclic N) is 1. The number of carbonyl (C=O) groups is 1. The van der Waals surface area contributed by atoms with Crippen molar-refractivity contribution in [3.05, 3.63) is 35.5 Å². The number of aromatic nitrogens is 4. The molecule has 1 aliphatic heterocycles. The van der Waals surface area contributed by atoms with Gasteiger partial charge in [0.2, 0.25) is 5.95 Å². The number of benzene rings is 1. The third-order valence-electron chi connectivity index (χ3n) is 8.59. The van der Waals surface area contributed by atoms with Crippen LogP contribution in [0.15, 0.2) is 24.4 Å². The van der Waals surface area contributed by atoms with Crippen molar-refractivity contribution < 1.29 is 14.6 Å². The standard InChI is InChI=1S/C29H40N8O3/c1-28(2,39)18-35-8-10-36(11-9-35)26(38)20-4-5-21(23(12-20)40-3)17-37-24-22(16-32-37)33-27(30)34-25(24)31-15-19-13-29(14-19)6-7-29/h4-5,12,16,19,39H,6-11,13-15,17-18H2,1-3H3,(H3,30,31,33,34). The van der Waals surface area contributed by atoms with E-state index in [9.17, 15) is 9.90 Å². The highest BCUT2D eigenvalue weighted by molar-refractivity contribution is 5.95. The summed E-state index contributed by atoms with van der Waals surface area (Å²) in [5, 5.41) is 18.2. The number of anilines is 2. The van der Waals surface area contributed by atoms with E-state index < -0.39 is 5.60 Å². The Morgan fingerprint density at radius 1 is 1.20 bits per heavy atom. The summed E-state index contributed by atoms with van der Waals surface area (Å²) in [6, 6.07) is 5.59. The van der Waals surface area contributed by atoms with E-state index in [0.717, 1.165) is 30.7 Å². The summed E-state index contributed by atoms with van der Waals surface area (Å²) in [6.45, 7) is 8.23. The predicted molar refractivity (Wildman–Crippen MR) is 153 cm³/mol. The Labute approximate surface area is 234 Å². The van der Waals surface area contributed by atoms with Gasteiger partial charge < -0.3 is 25.8 Å². The van der Waals surface area contributed by atoms with Gasteiger partial charge in [-0.15, -0.1) is 0 Å². The van der Waals surface area contributed by atoms with E-state index in [4.69, 9.17) is 10.5 Å². The number of piperazine rings is 1. The first-order valence-electron chi connectivity index (χ1n) is 14.3. The maximum atomic E-state index is 13.3. The number of nitrogens with zero attached hydrogens (tertiary/aromatic N) is 6. The predicted octanol–water partition coefficient (Wildman–Crippen LogP) is 2.60. The molecule has 1 aromatic carbocycles. The van der Waals surface area contributed by atoms with Gasteiger partial charge in [-0.3, -0.25) is 14.4 Å². The Morgan fingerprint density at radius 2 is 1.95 bits per heavy atom. The molecule has 1 saturated heterocycles. The maximum Gasteiger partial charge on any atom is 0.254 e. The fraction of sp³-hybridized carbons (Fsp3) is 0.586. The van der Waals surface area contributed by atoms with Crippen LogP contribution in [0.1, 0.15) is 55.5 Å². The zero-order chi connectivity index (χ0) is 28.1. The van der Waals surface area contributed by atoms with E-state index in [1.807, 2.05) is 41.6 Å². The first-order chi connectivity index (χ1) is 19.1. The van der Waals surface area contributed by atoms with Crippen LogP contribution in [0.5, 0.6) is 5.75 Å². The molecular weight excluding hydrogens is 508 g/mol. The van der Waals surface area contributed by atoms with Gasteiger partial charge in [-0.25, -0.2) is 4.98 Å². The third-order valence-corrected chi connectivity index (χ3v) is 8.59. The lowest BCUT2D eigenvalue weighted by Crippen LogP contribution is -2.52. The van der Waals surface area contributed by atoms with Gasteiger partial charge in [0.05, 0.1) is 25.5 Å². The lowest BCUT2D eigenvalue weighted by Gasteiger charge is -2.37. The molecule has 11 nitrogen and oxygen atoms in total. The Kier molecular flexibility index (Phi) is 6.82. The summed E-state index contributed by atoms with van der Waals surface area (Å²) in [7, 11) is 1.62. The summed E-state index contributed by atoms with van der Waals surface area (Å²) >= 11 is 0.